The Morgan fingerprint density at radius 3 is 2.62 bits per heavy atom. The molecular formula is C26H27ClN4O3. The molecular weight excluding hydrogens is 452 g/mol. The molecule has 2 aromatic heterocycles. The largest absolute Gasteiger partial charge is 0.497 e. The first-order valence-corrected chi connectivity index (χ1v) is 11.7. The minimum atomic E-state index is 0.0490. The Hall–Kier alpha value is -3.13. The number of hydrogen-bond donors (Lipinski definition) is 1. The number of halogens is 1. The predicted molar refractivity (Wildman–Crippen MR) is 134 cm³/mol. The molecule has 8 heteroatoms. The molecule has 0 spiro atoms. The van der Waals surface area contributed by atoms with Gasteiger partial charge in [0.2, 0.25) is 0 Å². The lowest BCUT2D eigenvalue weighted by Gasteiger charge is -2.25. The van der Waals surface area contributed by atoms with E-state index in [1.165, 1.54) is 0 Å². The van der Waals surface area contributed by atoms with Crippen molar-refractivity contribution in [3.05, 3.63) is 65.3 Å². The number of fused-ring (bicyclic) bond motifs is 1. The van der Waals surface area contributed by atoms with Crippen LogP contribution in [0.4, 0.5) is 5.82 Å². The molecule has 34 heavy (non-hydrogen) atoms. The van der Waals surface area contributed by atoms with E-state index >= 15 is 0 Å². The average molecular weight is 479 g/mol. The molecule has 1 aliphatic rings. The summed E-state index contributed by atoms with van der Waals surface area (Å²) in [6.07, 6.45) is 1.96. The standard InChI is InChI=1S/C26H27ClN4O3/c1-33-16-22-25(17-8-10-21(34-2)11-9-17)26-28-24(30-12-4-7-20(30)15-32)14-23(31(26)29-22)18-5-3-6-19(27)13-18/h3,5-6,8-11,13-14,20,32H,4,7,12,15-16H2,1-2H3. The fourth-order valence-corrected chi connectivity index (χ4v) is 4.86. The van der Waals surface area contributed by atoms with Crippen LogP contribution in [-0.4, -0.2) is 53.1 Å². The van der Waals surface area contributed by atoms with Gasteiger partial charge in [0.15, 0.2) is 5.65 Å². The zero-order chi connectivity index (χ0) is 23.7. The van der Waals surface area contributed by atoms with Gasteiger partial charge in [0.1, 0.15) is 11.6 Å². The van der Waals surface area contributed by atoms with Crippen LogP contribution in [0.15, 0.2) is 54.6 Å². The normalized spacial score (nSPS) is 15.9. The van der Waals surface area contributed by atoms with E-state index in [-0.39, 0.29) is 12.6 Å². The summed E-state index contributed by atoms with van der Waals surface area (Å²) in [6.45, 7) is 1.29. The Bertz CT molecular complexity index is 1310. The van der Waals surface area contributed by atoms with Gasteiger partial charge < -0.3 is 19.5 Å². The van der Waals surface area contributed by atoms with Crippen LogP contribution in [0.25, 0.3) is 28.0 Å². The molecule has 1 atom stereocenters. The second-order valence-corrected chi connectivity index (χ2v) is 8.84. The maximum atomic E-state index is 9.96. The Kier molecular flexibility index (Phi) is 6.41. The first-order chi connectivity index (χ1) is 16.6. The molecule has 1 fully saturated rings. The molecule has 0 bridgehead atoms. The first kappa shape index (κ1) is 22.7. The second kappa shape index (κ2) is 9.62. The van der Waals surface area contributed by atoms with Gasteiger partial charge in [0.05, 0.1) is 43.3 Å². The van der Waals surface area contributed by atoms with Gasteiger partial charge in [-0.1, -0.05) is 35.9 Å². The highest BCUT2D eigenvalue weighted by Gasteiger charge is 2.28. The van der Waals surface area contributed by atoms with E-state index in [0.717, 1.165) is 64.7 Å². The van der Waals surface area contributed by atoms with E-state index in [9.17, 15) is 5.11 Å². The van der Waals surface area contributed by atoms with Gasteiger partial charge in [0.25, 0.3) is 0 Å². The van der Waals surface area contributed by atoms with Gasteiger partial charge in [-0.05, 0) is 42.7 Å². The molecule has 4 aromatic rings. The van der Waals surface area contributed by atoms with E-state index in [1.807, 2.05) is 59.1 Å². The van der Waals surface area contributed by atoms with Crippen LogP contribution in [0.5, 0.6) is 5.75 Å². The molecule has 0 saturated carbocycles. The zero-order valence-electron chi connectivity index (χ0n) is 19.2. The summed E-state index contributed by atoms with van der Waals surface area (Å²) < 4.78 is 12.7. The Morgan fingerprint density at radius 2 is 1.91 bits per heavy atom. The van der Waals surface area contributed by atoms with E-state index in [2.05, 4.69) is 4.90 Å². The molecule has 1 N–H and O–H groups in total. The number of nitrogens with zero attached hydrogens (tertiary/aromatic N) is 4. The summed E-state index contributed by atoms with van der Waals surface area (Å²) in [4.78, 5) is 7.27. The molecule has 0 aliphatic carbocycles. The van der Waals surface area contributed by atoms with Crippen molar-refractivity contribution in [3.8, 4) is 28.1 Å². The lowest BCUT2D eigenvalue weighted by Crippen LogP contribution is -2.32. The lowest BCUT2D eigenvalue weighted by atomic mass is 10.1. The molecule has 1 unspecified atom stereocenters. The van der Waals surface area contributed by atoms with Gasteiger partial charge in [-0.25, -0.2) is 9.50 Å². The second-order valence-electron chi connectivity index (χ2n) is 8.40. The topological polar surface area (TPSA) is 72.1 Å². The molecule has 2 aromatic carbocycles. The molecule has 0 radical (unpaired) electrons. The third-order valence-electron chi connectivity index (χ3n) is 6.31. The van der Waals surface area contributed by atoms with Crippen LogP contribution in [0, 0.1) is 0 Å². The fourth-order valence-electron chi connectivity index (χ4n) is 4.67. The van der Waals surface area contributed by atoms with Crippen molar-refractivity contribution in [2.45, 2.75) is 25.5 Å². The molecule has 7 nitrogen and oxygen atoms in total. The summed E-state index contributed by atoms with van der Waals surface area (Å²) in [7, 11) is 3.31. The molecule has 0 amide bonds. The van der Waals surface area contributed by atoms with Crippen LogP contribution < -0.4 is 9.64 Å². The molecule has 1 aliphatic heterocycles. The number of anilines is 1. The third-order valence-corrected chi connectivity index (χ3v) is 6.55. The first-order valence-electron chi connectivity index (χ1n) is 11.3. The highest BCUT2D eigenvalue weighted by Crippen LogP contribution is 2.36. The number of aliphatic hydroxyl groups is 1. The van der Waals surface area contributed by atoms with Crippen LogP contribution in [0.3, 0.4) is 0 Å². The maximum absolute atomic E-state index is 9.96. The Labute approximate surface area is 203 Å². The fraction of sp³-hybridized carbons (Fsp3) is 0.308. The number of benzene rings is 2. The minimum absolute atomic E-state index is 0.0490. The maximum Gasteiger partial charge on any atom is 0.166 e. The van der Waals surface area contributed by atoms with E-state index in [1.54, 1.807) is 14.2 Å². The zero-order valence-corrected chi connectivity index (χ0v) is 20.0. The summed E-state index contributed by atoms with van der Waals surface area (Å²) in [5, 5.41) is 15.5. The van der Waals surface area contributed by atoms with Crippen molar-refractivity contribution in [2.75, 3.05) is 32.3 Å². The van der Waals surface area contributed by atoms with E-state index in [4.69, 9.17) is 31.2 Å². The number of rotatable bonds is 7. The van der Waals surface area contributed by atoms with Gasteiger partial charge >= 0.3 is 0 Å². The molecule has 5 rings (SSSR count). The van der Waals surface area contributed by atoms with Gasteiger partial charge in [0, 0.05) is 30.3 Å². The summed E-state index contributed by atoms with van der Waals surface area (Å²) in [6, 6.07) is 17.7. The van der Waals surface area contributed by atoms with Crippen LogP contribution in [-0.2, 0) is 11.3 Å². The molecule has 176 valence electrons. The highest BCUT2D eigenvalue weighted by atomic mass is 35.5. The SMILES string of the molecule is COCc1nn2c(-c3cccc(Cl)c3)cc(N3CCCC3CO)nc2c1-c1ccc(OC)cc1. The summed E-state index contributed by atoms with van der Waals surface area (Å²) in [5.74, 6) is 1.60. The number of ether oxygens (including phenoxy) is 2. The number of aromatic nitrogens is 3. The van der Waals surface area contributed by atoms with Crippen LogP contribution in [0.2, 0.25) is 5.02 Å². The van der Waals surface area contributed by atoms with Crippen molar-refractivity contribution < 1.29 is 14.6 Å². The highest BCUT2D eigenvalue weighted by molar-refractivity contribution is 6.30. The van der Waals surface area contributed by atoms with Gasteiger partial charge in [-0.15, -0.1) is 0 Å². The monoisotopic (exact) mass is 478 g/mol. The van der Waals surface area contributed by atoms with Crippen molar-refractivity contribution in [3.63, 3.8) is 0 Å². The van der Waals surface area contributed by atoms with Gasteiger partial charge in [-0.3, -0.25) is 0 Å². The Balaban J connectivity index is 1.79. The van der Waals surface area contributed by atoms with Crippen molar-refractivity contribution in [2.24, 2.45) is 0 Å². The van der Waals surface area contributed by atoms with Crippen LogP contribution in [0.1, 0.15) is 18.5 Å². The van der Waals surface area contributed by atoms with E-state index in [0.29, 0.717) is 11.6 Å². The number of hydrogen-bond acceptors (Lipinski definition) is 6. The summed E-state index contributed by atoms with van der Waals surface area (Å²) in [5.41, 5.74) is 5.23. The lowest BCUT2D eigenvalue weighted by molar-refractivity contribution is 0.181. The predicted octanol–water partition coefficient (Wildman–Crippen LogP) is 4.83. The molecule has 3 heterocycles. The number of methoxy groups -OCH3 is 2. The molecule has 1 saturated heterocycles. The number of aliphatic hydroxyl groups excluding tert-OH is 1. The average Bonchev–Trinajstić information content (AvgIpc) is 3.48. The quantitative estimate of drug-likeness (QED) is 0.410. The van der Waals surface area contributed by atoms with E-state index < -0.39 is 0 Å². The third kappa shape index (κ3) is 4.11. The van der Waals surface area contributed by atoms with Crippen molar-refractivity contribution in [1.29, 1.82) is 0 Å². The van der Waals surface area contributed by atoms with Crippen molar-refractivity contribution in [1.82, 2.24) is 14.6 Å². The Morgan fingerprint density at radius 1 is 1.09 bits per heavy atom. The minimum Gasteiger partial charge on any atom is -0.497 e. The smallest absolute Gasteiger partial charge is 0.166 e. The summed E-state index contributed by atoms with van der Waals surface area (Å²) >= 11 is 6.35. The van der Waals surface area contributed by atoms with Crippen molar-refractivity contribution >= 4 is 23.1 Å². The van der Waals surface area contributed by atoms with Gasteiger partial charge in [-0.2, -0.15) is 5.10 Å². The van der Waals surface area contributed by atoms with Crippen LogP contribution >= 0.6 is 11.6 Å².